The molecule has 2 atom stereocenters. The van der Waals surface area contributed by atoms with Crippen LogP contribution in [0, 0.1) is 5.92 Å². The van der Waals surface area contributed by atoms with Gasteiger partial charge in [0.15, 0.2) is 0 Å². The number of fused-ring (bicyclic) bond motifs is 5. The van der Waals surface area contributed by atoms with Crippen molar-refractivity contribution in [1.82, 2.24) is 19.4 Å². The van der Waals surface area contributed by atoms with E-state index >= 15 is 0 Å². The first kappa shape index (κ1) is 17.6. The minimum absolute atomic E-state index is 0.0720. The third-order valence-corrected chi connectivity index (χ3v) is 6.41. The summed E-state index contributed by atoms with van der Waals surface area (Å²) in [5.41, 5.74) is 3.62. The van der Waals surface area contributed by atoms with E-state index in [0.29, 0.717) is 17.4 Å². The Morgan fingerprint density at radius 1 is 1.03 bits per heavy atom. The van der Waals surface area contributed by atoms with Gasteiger partial charge < -0.3 is 8.98 Å². The van der Waals surface area contributed by atoms with Gasteiger partial charge in [-0.3, -0.25) is 9.69 Å². The van der Waals surface area contributed by atoms with Gasteiger partial charge in [-0.05, 0) is 36.6 Å². The zero-order chi connectivity index (χ0) is 20.1. The van der Waals surface area contributed by atoms with Crippen LogP contribution >= 0.6 is 0 Å². The molecule has 30 heavy (non-hydrogen) atoms. The molecule has 0 amide bonds. The van der Waals surface area contributed by atoms with Crippen LogP contribution in [0.4, 0.5) is 0 Å². The van der Waals surface area contributed by atoms with Gasteiger partial charge in [-0.15, -0.1) is 0 Å². The van der Waals surface area contributed by atoms with Crippen LogP contribution in [-0.4, -0.2) is 32.5 Å². The molecule has 3 aromatic heterocycles. The Morgan fingerprint density at radius 2 is 1.90 bits per heavy atom. The molecule has 2 bridgehead atoms. The van der Waals surface area contributed by atoms with E-state index in [9.17, 15) is 4.79 Å². The van der Waals surface area contributed by atoms with Crippen LogP contribution in [0.3, 0.4) is 0 Å². The van der Waals surface area contributed by atoms with Crippen molar-refractivity contribution in [2.75, 3.05) is 13.1 Å². The van der Waals surface area contributed by atoms with E-state index in [-0.39, 0.29) is 5.56 Å². The summed E-state index contributed by atoms with van der Waals surface area (Å²) in [5, 5.41) is 1.15. The maximum Gasteiger partial charge on any atom is 0.258 e. The lowest BCUT2D eigenvalue weighted by molar-refractivity contribution is 0.108. The molecular formula is C24H22N4O2. The van der Waals surface area contributed by atoms with Crippen LogP contribution in [0.15, 0.2) is 70.4 Å². The lowest BCUT2D eigenvalue weighted by Gasteiger charge is -2.42. The van der Waals surface area contributed by atoms with Crippen LogP contribution in [0.5, 0.6) is 0 Å². The highest BCUT2D eigenvalue weighted by Gasteiger charge is 2.35. The van der Waals surface area contributed by atoms with Crippen LogP contribution < -0.4 is 5.56 Å². The Bertz CT molecular complexity index is 1240. The Kier molecular flexibility index (Phi) is 4.06. The topological polar surface area (TPSA) is 64.2 Å². The number of rotatable bonds is 3. The van der Waals surface area contributed by atoms with Crippen molar-refractivity contribution in [3.63, 3.8) is 0 Å². The zero-order valence-electron chi connectivity index (χ0n) is 16.6. The lowest BCUT2D eigenvalue weighted by atomic mass is 9.83. The summed E-state index contributed by atoms with van der Waals surface area (Å²) in [6.45, 7) is 3.51. The number of hydrogen-bond acceptors (Lipinski definition) is 5. The van der Waals surface area contributed by atoms with Crippen molar-refractivity contribution >= 4 is 11.0 Å². The van der Waals surface area contributed by atoms with Gasteiger partial charge in [0.25, 0.3) is 5.56 Å². The molecule has 6 nitrogen and oxygen atoms in total. The van der Waals surface area contributed by atoms with Gasteiger partial charge in [-0.25, -0.2) is 9.97 Å². The highest BCUT2D eigenvalue weighted by atomic mass is 16.3. The smallest absolute Gasteiger partial charge is 0.258 e. The summed E-state index contributed by atoms with van der Waals surface area (Å²) >= 11 is 0. The molecule has 0 spiro atoms. The SMILES string of the molecule is O=c1c(-c2cncnc2)ccc2n1CC1CC2CN(Cc2cc3ccccc3o2)C1. The maximum absolute atomic E-state index is 13.2. The van der Waals surface area contributed by atoms with Crippen molar-refractivity contribution in [3.05, 3.63) is 83.0 Å². The number of nitrogens with zero attached hydrogens (tertiary/aromatic N) is 4. The minimum Gasteiger partial charge on any atom is -0.460 e. The van der Waals surface area contributed by atoms with Crippen LogP contribution in [-0.2, 0) is 13.1 Å². The Hall–Kier alpha value is -3.25. The van der Waals surface area contributed by atoms with Gasteiger partial charge in [0, 0.05) is 54.6 Å². The molecule has 6 rings (SSSR count). The van der Waals surface area contributed by atoms with E-state index in [4.69, 9.17) is 4.42 Å². The Morgan fingerprint density at radius 3 is 2.77 bits per heavy atom. The summed E-state index contributed by atoms with van der Waals surface area (Å²) in [5.74, 6) is 1.85. The molecule has 5 heterocycles. The number of aromatic nitrogens is 3. The van der Waals surface area contributed by atoms with Gasteiger partial charge in [-0.2, -0.15) is 0 Å². The van der Waals surface area contributed by atoms with Crippen LogP contribution in [0.2, 0.25) is 0 Å². The molecule has 0 aliphatic carbocycles. The highest BCUT2D eigenvalue weighted by molar-refractivity contribution is 5.77. The Balaban J connectivity index is 1.28. The first-order valence-corrected chi connectivity index (χ1v) is 10.4. The molecule has 0 saturated carbocycles. The largest absolute Gasteiger partial charge is 0.460 e. The predicted molar refractivity (Wildman–Crippen MR) is 114 cm³/mol. The molecule has 1 saturated heterocycles. The highest BCUT2D eigenvalue weighted by Crippen LogP contribution is 2.36. The molecule has 1 fully saturated rings. The molecule has 2 unspecified atom stereocenters. The number of benzene rings is 1. The summed E-state index contributed by atoms with van der Waals surface area (Å²) in [6.07, 6.45) is 6.04. The number of piperidine rings is 1. The van der Waals surface area contributed by atoms with E-state index in [2.05, 4.69) is 33.1 Å². The first-order valence-electron chi connectivity index (χ1n) is 10.4. The van der Waals surface area contributed by atoms with Crippen molar-refractivity contribution in [2.24, 2.45) is 5.92 Å². The zero-order valence-corrected chi connectivity index (χ0v) is 16.6. The summed E-state index contributed by atoms with van der Waals surface area (Å²) in [7, 11) is 0. The summed E-state index contributed by atoms with van der Waals surface area (Å²) in [4.78, 5) is 23.8. The van der Waals surface area contributed by atoms with Crippen molar-refractivity contribution in [1.29, 1.82) is 0 Å². The normalized spacial score (nSPS) is 20.9. The van der Waals surface area contributed by atoms with E-state index < -0.39 is 0 Å². The quantitative estimate of drug-likeness (QED) is 0.527. The second-order valence-corrected chi connectivity index (χ2v) is 8.46. The molecular weight excluding hydrogens is 376 g/mol. The second-order valence-electron chi connectivity index (χ2n) is 8.46. The van der Waals surface area contributed by atoms with Crippen LogP contribution in [0.1, 0.15) is 23.8 Å². The van der Waals surface area contributed by atoms with E-state index in [0.717, 1.165) is 60.6 Å². The number of likely N-dealkylation sites (tertiary alicyclic amines) is 1. The fourth-order valence-electron chi connectivity index (χ4n) is 5.17. The van der Waals surface area contributed by atoms with Gasteiger partial charge in [0.05, 0.1) is 12.1 Å². The second kappa shape index (κ2) is 6.92. The van der Waals surface area contributed by atoms with Crippen LogP contribution in [0.25, 0.3) is 22.1 Å². The molecule has 0 radical (unpaired) electrons. The summed E-state index contributed by atoms with van der Waals surface area (Å²) < 4.78 is 8.02. The standard InChI is InChI=1S/C24H22N4O2/c29-24-21(19-9-25-15-26-10-19)5-6-22-18-7-16(12-28(22)24)11-27(13-18)14-20-8-17-3-1-2-4-23(17)30-20/h1-6,8-10,15-16,18H,7,11-14H2. The van der Waals surface area contributed by atoms with Gasteiger partial charge >= 0.3 is 0 Å². The van der Waals surface area contributed by atoms with E-state index in [1.165, 1.54) is 6.33 Å². The van der Waals surface area contributed by atoms with Crippen molar-refractivity contribution in [2.45, 2.75) is 25.4 Å². The van der Waals surface area contributed by atoms with Gasteiger partial charge in [0.1, 0.15) is 17.7 Å². The molecule has 0 N–H and O–H groups in total. The lowest BCUT2D eigenvalue weighted by Crippen LogP contribution is -2.46. The minimum atomic E-state index is 0.0720. The monoisotopic (exact) mass is 398 g/mol. The molecule has 4 aromatic rings. The maximum atomic E-state index is 13.2. The van der Waals surface area contributed by atoms with Crippen molar-refractivity contribution in [3.8, 4) is 11.1 Å². The van der Waals surface area contributed by atoms with E-state index in [1.54, 1.807) is 12.4 Å². The molecule has 1 aromatic carbocycles. The molecule has 2 aliphatic heterocycles. The number of furan rings is 1. The summed E-state index contributed by atoms with van der Waals surface area (Å²) in [6, 6.07) is 14.4. The third-order valence-electron chi connectivity index (χ3n) is 6.41. The average Bonchev–Trinajstić information content (AvgIpc) is 3.17. The van der Waals surface area contributed by atoms with Gasteiger partial charge in [-0.1, -0.05) is 18.2 Å². The fourth-order valence-corrected chi connectivity index (χ4v) is 5.17. The molecule has 2 aliphatic rings. The third kappa shape index (κ3) is 2.95. The van der Waals surface area contributed by atoms with Crippen molar-refractivity contribution < 1.29 is 4.42 Å². The number of para-hydroxylation sites is 1. The predicted octanol–water partition coefficient (Wildman–Crippen LogP) is 3.67. The number of pyridine rings is 1. The van der Waals surface area contributed by atoms with E-state index in [1.807, 2.05) is 28.8 Å². The molecule has 6 heteroatoms. The fraction of sp³-hybridized carbons (Fsp3) is 0.292. The Labute approximate surface area is 173 Å². The number of hydrogen-bond donors (Lipinski definition) is 0. The first-order chi connectivity index (χ1) is 14.7. The van der Waals surface area contributed by atoms with Gasteiger partial charge in [0.2, 0.25) is 0 Å². The average molecular weight is 398 g/mol. The molecule has 150 valence electrons.